The molecule has 7 nitrogen and oxygen atoms in total. The number of ether oxygens (including phenoxy) is 1. The summed E-state index contributed by atoms with van der Waals surface area (Å²) in [4.78, 5) is 14.0. The number of rotatable bonds is 2. The molecule has 7 N–H and O–H groups in total. The van der Waals surface area contributed by atoms with Crippen LogP contribution in [0.5, 0.6) is 11.5 Å². The highest BCUT2D eigenvalue weighted by molar-refractivity contribution is 5.89. The maximum Gasteiger partial charge on any atom is 0.174 e. The average molecular weight is 400 g/mol. The minimum absolute atomic E-state index is 0. The average Bonchev–Trinajstić information content (AvgIpc) is 2.91. The number of halogens is 1. The van der Waals surface area contributed by atoms with Crippen LogP contribution in [0.2, 0.25) is 0 Å². The van der Waals surface area contributed by atoms with Crippen LogP contribution in [0.3, 0.4) is 0 Å². The number of hydrogen-bond acceptors (Lipinski definition) is 4. The van der Waals surface area contributed by atoms with Crippen LogP contribution >= 0.6 is 0 Å². The van der Waals surface area contributed by atoms with Crippen molar-refractivity contribution in [2.75, 3.05) is 13.1 Å². The zero-order valence-electron chi connectivity index (χ0n) is 14.9. The summed E-state index contributed by atoms with van der Waals surface area (Å²) in [6, 6.07) is 3.62. The molecule has 1 spiro atoms. The van der Waals surface area contributed by atoms with Gasteiger partial charge in [-0.25, -0.2) is 0 Å². The third-order valence-corrected chi connectivity index (χ3v) is 6.91. The lowest BCUT2D eigenvalue weighted by Crippen LogP contribution is -3.21. The molecule has 27 heavy (non-hydrogen) atoms. The first-order chi connectivity index (χ1) is 11.5. The Bertz CT molecular complexity index is 786. The van der Waals surface area contributed by atoms with Crippen LogP contribution in [0.25, 0.3) is 0 Å². The van der Waals surface area contributed by atoms with Gasteiger partial charge in [0.25, 0.3) is 0 Å². The van der Waals surface area contributed by atoms with Gasteiger partial charge in [-0.2, -0.15) is 0 Å². The molecule has 2 aliphatic heterocycles. The monoisotopic (exact) mass is 399 g/mol. The molecule has 1 saturated heterocycles. The molecule has 0 aromatic heterocycles. The maximum atomic E-state index is 12.6. The first-order valence-corrected chi connectivity index (χ1v) is 8.75. The lowest BCUT2D eigenvalue weighted by Gasteiger charge is -2.60. The smallest absolute Gasteiger partial charge is 0.174 e. The Balaban J connectivity index is 0.000000871. The normalized spacial score (nSPS) is 36.9. The van der Waals surface area contributed by atoms with Crippen LogP contribution in [0.4, 0.5) is 0 Å². The van der Waals surface area contributed by atoms with E-state index in [9.17, 15) is 15.0 Å². The molecule has 1 saturated carbocycles. The number of benzene rings is 1. The van der Waals surface area contributed by atoms with E-state index >= 15 is 0 Å². The largest absolute Gasteiger partial charge is 1.00 e. The van der Waals surface area contributed by atoms with Crippen LogP contribution in [0, 0.1) is 0 Å². The zero-order chi connectivity index (χ0) is 16.7. The van der Waals surface area contributed by atoms with Crippen molar-refractivity contribution < 1.29 is 48.0 Å². The Morgan fingerprint density at radius 2 is 2.07 bits per heavy atom. The fourth-order valence-electron chi connectivity index (χ4n) is 5.98. The fraction of sp³-hybridized carbons (Fsp3) is 0.526. The van der Waals surface area contributed by atoms with Gasteiger partial charge in [0.2, 0.25) is 0 Å². The van der Waals surface area contributed by atoms with E-state index in [2.05, 4.69) is 6.58 Å². The third-order valence-electron chi connectivity index (χ3n) is 6.91. The molecule has 8 heteroatoms. The van der Waals surface area contributed by atoms with Crippen molar-refractivity contribution in [1.82, 2.24) is 0 Å². The summed E-state index contributed by atoms with van der Waals surface area (Å²) in [7, 11) is 0. The Morgan fingerprint density at radius 3 is 2.78 bits per heavy atom. The van der Waals surface area contributed by atoms with Crippen molar-refractivity contribution in [2.45, 2.75) is 48.8 Å². The van der Waals surface area contributed by atoms with Crippen LogP contribution in [0.15, 0.2) is 24.8 Å². The van der Waals surface area contributed by atoms with Crippen molar-refractivity contribution in [2.24, 2.45) is 0 Å². The fourth-order valence-corrected chi connectivity index (χ4v) is 5.98. The highest BCUT2D eigenvalue weighted by Gasteiger charge is 2.74. The molecule has 1 aromatic rings. The lowest BCUT2D eigenvalue weighted by molar-refractivity contribution is -0.936. The Kier molecular flexibility index (Phi) is 5.42. The molecular formula is C19H26ClNO6. The van der Waals surface area contributed by atoms with Gasteiger partial charge in [-0.05, 0) is 24.1 Å². The highest BCUT2D eigenvalue weighted by Crippen LogP contribution is 2.62. The maximum absolute atomic E-state index is 12.6. The predicted molar refractivity (Wildman–Crippen MR) is 93.6 cm³/mol. The molecule has 5 atom stereocenters. The van der Waals surface area contributed by atoms with Crippen LogP contribution in [0.1, 0.15) is 30.4 Å². The molecule has 150 valence electrons. The number of phenols is 1. The second-order valence-electron chi connectivity index (χ2n) is 7.72. The number of phenolic OH excluding ortho intramolecular Hbond substituents is 1. The number of nitrogens with one attached hydrogen (secondary N) is 1. The SMILES string of the molecule is C=CC[NH+]1CC[C@]23c4c5ccc(O)c4O[C@H]2C(=O)CC[C@@]3(O)C1C5.O.O.[Cl-]. The van der Waals surface area contributed by atoms with Crippen molar-refractivity contribution in [1.29, 1.82) is 0 Å². The number of aromatic hydroxyl groups is 1. The summed E-state index contributed by atoms with van der Waals surface area (Å²) in [5, 5.41) is 22.1. The minimum atomic E-state index is -0.964. The lowest BCUT2D eigenvalue weighted by atomic mass is 9.49. The summed E-state index contributed by atoms with van der Waals surface area (Å²) in [5.41, 5.74) is 0.348. The summed E-state index contributed by atoms with van der Waals surface area (Å²) >= 11 is 0. The van der Waals surface area contributed by atoms with E-state index in [-0.39, 0.29) is 40.9 Å². The Hall–Kier alpha value is -1.64. The van der Waals surface area contributed by atoms with Gasteiger partial charge in [-0.15, -0.1) is 0 Å². The van der Waals surface area contributed by atoms with Crippen LogP contribution < -0.4 is 22.0 Å². The summed E-state index contributed by atoms with van der Waals surface area (Å²) < 4.78 is 5.99. The Morgan fingerprint density at radius 1 is 1.33 bits per heavy atom. The van der Waals surface area contributed by atoms with E-state index in [4.69, 9.17) is 4.74 Å². The first kappa shape index (κ1) is 21.7. The Labute approximate surface area is 163 Å². The van der Waals surface area contributed by atoms with E-state index in [1.807, 2.05) is 12.1 Å². The van der Waals surface area contributed by atoms with Gasteiger partial charge >= 0.3 is 0 Å². The summed E-state index contributed by atoms with van der Waals surface area (Å²) in [6.07, 6.45) is 3.50. The van der Waals surface area contributed by atoms with Gasteiger partial charge in [0.1, 0.15) is 11.6 Å². The van der Waals surface area contributed by atoms with Crippen molar-refractivity contribution in [3.05, 3.63) is 35.9 Å². The number of ketones is 1. The first-order valence-electron chi connectivity index (χ1n) is 8.75. The van der Waals surface area contributed by atoms with Gasteiger partial charge < -0.3 is 43.2 Å². The van der Waals surface area contributed by atoms with Crippen molar-refractivity contribution in [3.63, 3.8) is 0 Å². The molecule has 0 radical (unpaired) electrons. The van der Waals surface area contributed by atoms with Gasteiger partial charge in [0.05, 0.1) is 18.5 Å². The number of carbonyl (C=O) groups excluding carboxylic acids is 1. The van der Waals surface area contributed by atoms with Gasteiger partial charge in [0, 0.05) is 24.8 Å². The molecule has 2 bridgehead atoms. The molecule has 2 unspecified atom stereocenters. The molecule has 4 aliphatic rings. The van der Waals surface area contributed by atoms with E-state index in [1.54, 1.807) is 6.07 Å². The number of carbonyl (C=O) groups is 1. The second kappa shape index (κ2) is 6.76. The molecule has 2 fully saturated rings. The second-order valence-corrected chi connectivity index (χ2v) is 7.72. The molecular weight excluding hydrogens is 374 g/mol. The number of hydrogen-bond donors (Lipinski definition) is 3. The molecule has 2 aliphatic carbocycles. The van der Waals surface area contributed by atoms with Crippen LogP contribution in [-0.4, -0.2) is 57.8 Å². The van der Waals surface area contributed by atoms with E-state index in [0.29, 0.717) is 25.0 Å². The molecule has 2 heterocycles. The predicted octanol–water partition coefficient (Wildman–Crippen LogP) is -4.76. The van der Waals surface area contributed by atoms with E-state index in [0.717, 1.165) is 30.6 Å². The highest BCUT2D eigenvalue weighted by atomic mass is 35.5. The summed E-state index contributed by atoms with van der Waals surface area (Å²) in [6.45, 7) is 5.55. The van der Waals surface area contributed by atoms with Gasteiger partial charge in [-0.3, -0.25) is 4.79 Å². The third kappa shape index (κ3) is 2.26. The molecule has 0 amide bonds. The van der Waals surface area contributed by atoms with E-state index in [1.165, 1.54) is 4.90 Å². The number of aliphatic hydroxyl groups is 1. The summed E-state index contributed by atoms with van der Waals surface area (Å²) in [5.74, 6) is 0.554. The van der Waals surface area contributed by atoms with Crippen molar-refractivity contribution >= 4 is 5.78 Å². The molecule has 5 rings (SSSR count). The van der Waals surface area contributed by atoms with E-state index < -0.39 is 17.1 Å². The molecule has 1 aromatic carbocycles. The number of piperidine rings is 1. The number of quaternary nitrogens is 1. The number of Topliss-reactive ketones (excluding diaryl/α,β-unsaturated/α-hetero) is 1. The topological polar surface area (TPSA) is 134 Å². The van der Waals surface area contributed by atoms with Crippen molar-refractivity contribution in [3.8, 4) is 11.5 Å². The standard InChI is InChI=1S/C19H21NO4.ClH.2H2O/c1-2-8-20-9-7-18-15-11-3-4-12(21)16(15)24-17(18)13(22)5-6-19(18,23)14(20)10-11;;;/h2-4,14,17,21,23H,1,5-10H2;1H;2*1H2/t14?,17-,18-,19+;;;/m0.../s1. The van der Waals surface area contributed by atoms with Crippen LogP contribution in [-0.2, 0) is 16.6 Å². The minimum Gasteiger partial charge on any atom is -1.00 e. The van der Waals surface area contributed by atoms with Gasteiger partial charge in [0.15, 0.2) is 23.4 Å². The zero-order valence-corrected chi connectivity index (χ0v) is 15.7. The quantitative estimate of drug-likeness (QED) is 0.430. The van der Waals surface area contributed by atoms with Gasteiger partial charge in [-0.1, -0.05) is 12.6 Å². The number of likely N-dealkylation sites (tertiary alicyclic amines) is 1.